The molecule has 0 aliphatic carbocycles. The highest BCUT2D eigenvalue weighted by Gasteiger charge is 2.15. The summed E-state index contributed by atoms with van der Waals surface area (Å²) in [6.07, 6.45) is 0. The summed E-state index contributed by atoms with van der Waals surface area (Å²) in [6, 6.07) is 1.89. The van der Waals surface area contributed by atoms with E-state index in [1.165, 1.54) is 0 Å². The van der Waals surface area contributed by atoms with Crippen LogP contribution in [-0.2, 0) is 0 Å². The SMILES string of the molecule is COc1cc(I)c(OC)c(C)c1OC. The fourth-order valence-corrected chi connectivity index (χ4v) is 2.28. The zero-order valence-electron chi connectivity index (χ0n) is 8.68. The summed E-state index contributed by atoms with van der Waals surface area (Å²) in [5.74, 6) is 2.29. The lowest BCUT2D eigenvalue weighted by molar-refractivity contribution is 0.344. The second-order valence-corrected chi connectivity index (χ2v) is 3.91. The average molecular weight is 308 g/mol. The second kappa shape index (κ2) is 4.72. The van der Waals surface area contributed by atoms with Crippen LogP contribution in [0.4, 0.5) is 0 Å². The summed E-state index contributed by atoms with van der Waals surface area (Å²) in [7, 11) is 4.90. The summed E-state index contributed by atoms with van der Waals surface area (Å²) < 4.78 is 16.8. The number of benzene rings is 1. The zero-order valence-corrected chi connectivity index (χ0v) is 10.8. The Morgan fingerprint density at radius 2 is 1.57 bits per heavy atom. The molecule has 0 N–H and O–H groups in total. The van der Waals surface area contributed by atoms with Crippen molar-refractivity contribution in [2.24, 2.45) is 0 Å². The highest BCUT2D eigenvalue weighted by molar-refractivity contribution is 14.1. The van der Waals surface area contributed by atoms with Crippen LogP contribution in [0, 0.1) is 10.5 Å². The molecule has 0 saturated carbocycles. The fraction of sp³-hybridized carbons (Fsp3) is 0.400. The summed E-state index contributed by atoms with van der Waals surface area (Å²) >= 11 is 2.21. The van der Waals surface area contributed by atoms with Gasteiger partial charge in [-0.3, -0.25) is 0 Å². The van der Waals surface area contributed by atoms with Crippen molar-refractivity contribution in [2.75, 3.05) is 21.3 Å². The number of hydrogen-bond acceptors (Lipinski definition) is 3. The van der Waals surface area contributed by atoms with Gasteiger partial charge in [-0.1, -0.05) is 0 Å². The van der Waals surface area contributed by atoms with Gasteiger partial charge < -0.3 is 14.2 Å². The summed E-state index contributed by atoms with van der Waals surface area (Å²) in [6.45, 7) is 1.95. The van der Waals surface area contributed by atoms with E-state index in [0.717, 1.165) is 26.4 Å². The molecular formula is C10H13IO3. The molecule has 0 atom stereocenters. The van der Waals surface area contributed by atoms with Crippen LogP contribution in [0.15, 0.2) is 6.07 Å². The predicted octanol–water partition coefficient (Wildman–Crippen LogP) is 2.63. The Labute approximate surface area is 97.5 Å². The first kappa shape index (κ1) is 11.4. The first-order chi connectivity index (χ1) is 6.65. The quantitative estimate of drug-likeness (QED) is 0.804. The monoisotopic (exact) mass is 308 g/mol. The Balaban J connectivity index is 3.39. The van der Waals surface area contributed by atoms with E-state index in [1.54, 1.807) is 21.3 Å². The van der Waals surface area contributed by atoms with Gasteiger partial charge in [0.25, 0.3) is 0 Å². The molecule has 78 valence electrons. The summed E-state index contributed by atoms with van der Waals surface area (Å²) in [4.78, 5) is 0. The van der Waals surface area contributed by atoms with Crippen molar-refractivity contribution in [1.29, 1.82) is 0 Å². The third-order valence-electron chi connectivity index (χ3n) is 2.01. The van der Waals surface area contributed by atoms with E-state index in [-0.39, 0.29) is 0 Å². The molecule has 0 spiro atoms. The first-order valence-electron chi connectivity index (χ1n) is 4.10. The van der Waals surface area contributed by atoms with Crippen molar-refractivity contribution in [1.82, 2.24) is 0 Å². The minimum absolute atomic E-state index is 0.727. The number of methoxy groups -OCH3 is 3. The third-order valence-corrected chi connectivity index (χ3v) is 2.81. The van der Waals surface area contributed by atoms with Gasteiger partial charge in [-0.25, -0.2) is 0 Å². The van der Waals surface area contributed by atoms with Crippen LogP contribution < -0.4 is 14.2 Å². The topological polar surface area (TPSA) is 27.7 Å². The van der Waals surface area contributed by atoms with Gasteiger partial charge in [0.15, 0.2) is 11.5 Å². The lowest BCUT2D eigenvalue weighted by atomic mass is 10.2. The molecule has 4 heteroatoms. The minimum atomic E-state index is 0.727. The molecule has 0 bridgehead atoms. The normalized spacial score (nSPS) is 9.79. The molecule has 0 radical (unpaired) electrons. The smallest absolute Gasteiger partial charge is 0.167 e. The maximum absolute atomic E-state index is 5.27. The largest absolute Gasteiger partial charge is 0.495 e. The van der Waals surface area contributed by atoms with Gasteiger partial charge in [-0.2, -0.15) is 0 Å². The molecule has 0 unspecified atom stereocenters. The van der Waals surface area contributed by atoms with E-state index in [0.29, 0.717) is 0 Å². The van der Waals surface area contributed by atoms with Crippen molar-refractivity contribution in [3.63, 3.8) is 0 Å². The van der Waals surface area contributed by atoms with Gasteiger partial charge in [0.05, 0.1) is 24.9 Å². The van der Waals surface area contributed by atoms with Crippen molar-refractivity contribution in [2.45, 2.75) is 6.92 Å². The molecule has 1 aromatic carbocycles. The van der Waals surface area contributed by atoms with Crippen LogP contribution in [0.1, 0.15) is 5.56 Å². The zero-order chi connectivity index (χ0) is 10.7. The van der Waals surface area contributed by atoms with Crippen molar-refractivity contribution in [3.05, 3.63) is 15.2 Å². The lowest BCUT2D eigenvalue weighted by Gasteiger charge is -2.14. The minimum Gasteiger partial charge on any atom is -0.495 e. The van der Waals surface area contributed by atoms with E-state index in [2.05, 4.69) is 22.6 Å². The fourth-order valence-electron chi connectivity index (χ4n) is 1.37. The van der Waals surface area contributed by atoms with Crippen LogP contribution in [0.5, 0.6) is 17.2 Å². The van der Waals surface area contributed by atoms with E-state index >= 15 is 0 Å². The highest BCUT2D eigenvalue weighted by Crippen LogP contribution is 2.39. The molecule has 0 saturated heterocycles. The number of ether oxygens (including phenoxy) is 3. The van der Waals surface area contributed by atoms with Crippen molar-refractivity contribution in [3.8, 4) is 17.2 Å². The van der Waals surface area contributed by atoms with Gasteiger partial charge in [0, 0.05) is 11.6 Å². The Hall–Kier alpha value is -0.650. The summed E-state index contributed by atoms with van der Waals surface area (Å²) in [5.41, 5.74) is 0.957. The van der Waals surface area contributed by atoms with Gasteiger partial charge in [0.1, 0.15) is 5.75 Å². The standard InChI is InChI=1S/C10H13IO3/c1-6-9(13-3)7(11)5-8(12-2)10(6)14-4/h5H,1-4H3. The highest BCUT2D eigenvalue weighted by atomic mass is 127. The second-order valence-electron chi connectivity index (χ2n) is 2.75. The molecule has 14 heavy (non-hydrogen) atoms. The van der Waals surface area contributed by atoms with Crippen molar-refractivity contribution < 1.29 is 14.2 Å². The van der Waals surface area contributed by atoms with E-state index in [9.17, 15) is 0 Å². The Morgan fingerprint density at radius 1 is 1.00 bits per heavy atom. The van der Waals surface area contributed by atoms with Crippen LogP contribution in [0.2, 0.25) is 0 Å². The molecule has 1 rings (SSSR count). The third kappa shape index (κ3) is 1.89. The molecule has 0 heterocycles. The molecule has 0 aromatic heterocycles. The average Bonchev–Trinajstić information content (AvgIpc) is 2.17. The van der Waals surface area contributed by atoms with Gasteiger partial charge in [-0.15, -0.1) is 0 Å². The molecule has 0 aliphatic heterocycles. The van der Waals surface area contributed by atoms with Crippen molar-refractivity contribution >= 4 is 22.6 Å². The summed E-state index contributed by atoms with van der Waals surface area (Å²) in [5, 5.41) is 0. The Morgan fingerprint density at radius 3 is 2.00 bits per heavy atom. The van der Waals surface area contributed by atoms with E-state index in [1.807, 2.05) is 13.0 Å². The van der Waals surface area contributed by atoms with Gasteiger partial charge in [0.2, 0.25) is 0 Å². The van der Waals surface area contributed by atoms with Crippen LogP contribution in [-0.4, -0.2) is 21.3 Å². The molecule has 1 aromatic rings. The predicted molar refractivity (Wildman–Crippen MR) is 63.6 cm³/mol. The maximum atomic E-state index is 5.27. The number of hydrogen-bond donors (Lipinski definition) is 0. The first-order valence-corrected chi connectivity index (χ1v) is 5.18. The maximum Gasteiger partial charge on any atom is 0.167 e. The van der Waals surface area contributed by atoms with Crippen LogP contribution in [0.3, 0.4) is 0 Å². The van der Waals surface area contributed by atoms with Gasteiger partial charge in [-0.05, 0) is 29.5 Å². The molecule has 0 aliphatic rings. The lowest BCUT2D eigenvalue weighted by Crippen LogP contribution is -1.98. The Bertz CT molecular complexity index is 337. The van der Waals surface area contributed by atoms with Crippen LogP contribution >= 0.6 is 22.6 Å². The van der Waals surface area contributed by atoms with Gasteiger partial charge >= 0.3 is 0 Å². The molecule has 3 nitrogen and oxygen atoms in total. The van der Waals surface area contributed by atoms with Crippen LogP contribution in [0.25, 0.3) is 0 Å². The van der Waals surface area contributed by atoms with E-state index in [4.69, 9.17) is 14.2 Å². The number of rotatable bonds is 3. The molecule has 0 fully saturated rings. The number of halogens is 1. The van der Waals surface area contributed by atoms with E-state index < -0.39 is 0 Å². The molecular weight excluding hydrogens is 295 g/mol. The Kier molecular flexibility index (Phi) is 3.86. The molecule has 0 amide bonds.